The second-order valence-electron chi connectivity index (χ2n) is 6.61. The van der Waals surface area contributed by atoms with Gasteiger partial charge in [0, 0.05) is 11.3 Å². The Bertz CT molecular complexity index is 793. The van der Waals surface area contributed by atoms with Crippen molar-refractivity contribution in [3.63, 3.8) is 0 Å². The lowest BCUT2D eigenvalue weighted by Crippen LogP contribution is -2.32. The van der Waals surface area contributed by atoms with Crippen LogP contribution < -0.4 is 5.32 Å². The molecule has 2 saturated carbocycles. The van der Waals surface area contributed by atoms with E-state index in [9.17, 15) is 10.1 Å². The maximum Gasteiger partial charge on any atom is 0.244 e. The van der Waals surface area contributed by atoms with Gasteiger partial charge in [-0.1, -0.05) is 12.8 Å². The number of amides is 1. The molecule has 0 saturated heterocycles. The maximum atomic E-state index is 12.5. The van der Waals surface area contributed by atoms with E-state index in [2.05, 4.69) is 26.9 Å². The van der Waals surface area contributed by atoms with Gasteiger partial charge in [-0.15, -0.1) is 5.10 Å². The SMILES string of the molecule is N#CC1(C(=O)Nc2ccc(-c3nnnn3C3CC3)cc2)CCCC1. The van der Waals surface area contributed by atoms with Crippen LogP contribution in [0.3, 0.4) is 0 Å². The molecule has 7 heteroatoms. The maximum absolute atomic E-state index is 12.5. The van der Waals surface area contributed by atoms with Crippen LogP contribution in [0.1, 0.15) is 44.6 Å². The number of anilines is 1. The Balaban J connectivity index is 1.51. The number of benzene rings is 1. The normalized spacial score (nSPS) is 19.0. The zero-order chi connectivity index (χ0) is 16.6. The van der Waals surface area contributed by atoms with Gasteiger partial charge in [0.15, 0.2) is 5.82 Å². The van der Waals surface area contributed by atoms with Crippen LogP contribution in [0.2, 0.25) is 0 Å². The van der Waals surface area contributed by atoms with Gasteiger partial charge in [0.25, 0.3) is 0 Å². The number of hydrogen-bond donors (Lipinski definition) is 1. The van der Waals surface area contributed by atoms with Crippen LogP contribution in [0.25, 0.3) is 11.4 Å². The molecule has 1 aromatic heterocycles. The fourth-order valence-electron chi connectivity index (χ4n) is 3.27. The van der Waals surface area contributed by atoms with E-state index in [1.807, 2.05) is 28.9 Å². The first-order valence-electron chi connectivity index (χ1n) is 8.33. The zero-order valence-corrected chi connectivity index (χ0v) is 13.3. The first kappa shape index (κ1) is 14.8. The molecule has 1 aromatic carbocycles. The Labute approximate surface area is 139 Å². The Kier molecular flexibility index (Phi) is 3.53. The Morgan fingerprint density at radius 2 is 1.96 bits per heavy atom. The van der Waals surface area contributed by atoms with Crippen molar-refractivity contribution in [2.45, 2.75) is 44.6 Å². The summed E-state index contributed by atoms with van der Waals surface area (Å²) < 4.78 is 1.86. The first-order chi connectivity index (χ1) is 11.7. The quantitative estimate of drug-likeness (QED) is 0.933. The molecular weight excluding hydrogens is 304 g/mol. The number of nitriles is 1. The minimum atomic E-state index is -0.866. The fraction of sp³-hybridized carbons (Fsp3) is 0.471. The zero-order valence-electron chi connectivity index (χ0n) is 13.3. The average Bonchev–Trinajstić information content (AvgIpc) is 3.14. The van der Waals surface area contributed by atoms with Gasteiger partial charge in [0.2, 0.25) is 5.91 Å². The van der Waals surface area contributed by atoms with Gasteiger partial charge >= 0.3 is 0 Å². The van der Waals surface area contributed by atoms with E-state index in [0.29, 0.717) is 24.6 Å². The highest BCUT2D eigenvalue weighted by atomic mass is 16.2. The minimum absolute atomic E-state index is 0.196. The van der Waals surface area contributed by atoms with E-state index in [0.717, 1.165) is 37.1 Å². The molecule has 0 bridgehead atoms. The predicted octanol–water partition coefficient (Wildman–Crippen LogP) is 2.70. The van der Waals surface area contributed by atoms with Crippen LogP contribution in [-0.2, 0) is 4.79 Å². The second kappa shape index (κ2) is 5.71. The summed E-state index contributed by atoms with van der Waals surface area (Å²) in [5.41, 5.74) is 0.742. The Morgan fingerprint density at radius 3 is 2.58 bits per heavy atom. The second-order valence-corrected chi connectivity index (χ2v) is 6.61. The molecule has 1 amide bonds. The lowest BCUT2D eigenvalue weighted by atomic mass is 9.87. The molecule has 0 unspecified atom stereocenters. The summed E-state index contributed by atoms with van der Waals surface area (Å²) in [5, 5.41) is 24.2. The van der Waals surface area contributed by atoms with E-state index in [4.69, 9.17) is 0 Å². The molecule has 7 nitrogen and oxygen atoms in total. The van der Waals surface area contributed by atoms with Crippen molar-refractivity contribution in [2.75, 3.05) is 5.32 Å². The summed E-state index contributed by atoms with van der Waals surface area (Å²) in [4.78, 5) is 12.5. The number of nitrogens with zero attached hydrogens (tertiary/aromatic N) is 5. The number of carbonyl (C=O) groups is 1. The third-order valence-electron chi connectivity index (χ3n) is 4.89. The molecule has 122 valence electrons. The monoisotopic (exact) mass is 322 g/mol. The molecule has 0 spiro atoms. The van der Waals surface area contributed by atoms with Crippen LogP contribution in [0.5, 0.6) is 0 Å². The largest absolute Gasteiger partial charge is 0.325 e. The molecule has 2 aliphatic rings. The Hall–Kier alpha value is -2.75. The molecule has 1 heterocycles. The summed E-state index contributed by atoms with van der Waals surface area (Å²) in [6, 6.07) is 10.1. The van der Waals surface area contributed by atoms with E-state index in [1.165, 1.54) is 0 Å². The molecule has 0 atom stereocenters. The average molecular weight is 322 g/mol. The van der Waals surface area contributed by atoms with Crippen molar-refractivity contribution in [2.24, 2.45) is 5.41 Å². The van der Waals surface area contributed by atoms with Crippen LogP contribution in [0.15, 0.2) is 24.3 Å². The number of rotatable bonds is 4. The molecule has 4 rings (SSSR count). The van der Waals surface area contributed by atoms with Crippen molar-refractivity contribution in [3.05, 3.63) is 24.3 Å². The number of tetrazole rings is 1. The summed E-state index contributed by atoms with van der Waals surface area (Å²) >= 11 is 0. The highest BCUT2D eigenvalue weighted by molar-refractivity contribution is 5.97. The van der Waals surface area contributed by atoms with E-state index in [1.54, 1.807) is 0 Å². The first-order valence-corrected chi connectivity index (χ1v) is 8.33. The number of hydrogen-bond acceptors (Lipinski definition) is 5. The van der Waals surface area contributed by atoms with E-state index in [-0.39, 0.29) is 5.91 Å². The molecule has 2 fully saturated rings. The fourth-order valence-corrected chi connectivity index (χ4v) is 3.27. The molecule has 0 aliphatic heterocycles. The smallest absolute Gasteiger partial charge is 0.244 e. The van der Waals surface area contributed by atoms with Crippen molar-refractivity contribution < 1.29 is 4.79 Å². The van der Waals surface area contributed by atoms with Crippen molar-refractivity contribution >= 4 is 11.6 Å². The van der Waals surface area contributed by atoms with Crippen molar-refractivity contribution in [1.82, 2.24) is 20.2 Å². The number of carbonyl (C=O) groups excluding carboxylic acids is 1. The van der Waals surface area contributed by atoms with Crippen LogP contribution >= 0.6 is 0 Å². The van der Waals surface area contributed by atoms with Gasteiger partial charge in [-0.3, -0.25) is 4.79 Å². The summed E-state index contributed by atoms with van der Waals surface area (Å²) in [6.45, 7) is 0. The molecular formula is C17H18N6O. The molecule has 1 N–H and O–H groups in total. The lowest BCUT2D eigenvalue weighted by Gasteiger charge is -2.19. The van der Waals surface area contributed by atoms with Crippen LogP contribution in [0.4, 0.5) is 5.69 Å². The molecule has 24 heavy (non-hydrogen) atoms. The van der Waals surface area contributed by atoms with Gasteiger partial charge in [-0.25, -0.2) is 4.68 Å². The van der Waals surface area contributed by atoms with Crippen LogP contribution in [0, 0.1) is 16.7 Å². The van der Waals surface area contributed by atoms with Crippen molar-refractivity contribution in [3.8, 4) is 17.5 Å². The summed E-state index contributed by atoms with van der Waals surface area (Å²) in [7, 11) is 0. The summed E-state index contributed by atoms with van der Waals surface area (Å²) in [6.07, 6.45) is 5.38. The number of aromatic nitrogens is 4. The van der Waals surface area contributed by atoms with Gasteiger partial charge in [-0.2, -0.15) is 5.26 Å². The van der Waals surface area contributed by atoms with Crippen molar-refractivity contribution in [1.29, 1.82) is 5.26 Å². The predicted molar refractivity (Wildman–Crippen MR) is 86.7 cm³/mol. The van der Waals surface area contributed by atoms with Gasteiger partial charge in [0.05, 0.1) is 12.1 Å². The molecule has 2 aliphatic carbocycles. The standard InChI is InChI=1S/C17H18N6O/c18-11-17(9-1-2-10-17)16(24)19-13-5-3-12(4-6-13)15-20-21-22-23(15)14-7-8-14/h3-6,14H,1-2,7-10H2,(H,19,24). The van der Waals surface area contributed by atoms with Gasteiger partial charge in [-0.05, 0) is 60.4 Å². The Morgan fingerprint density at radius 1 is 1.25 bits per heavy atom. The van der Waals surface area contributed by atoms with Gasteiger partial charge in [0.1, 0.15) is 5.41 Å². The van der Waals surface area contributed by atoms with Crippen LogP contribution in [-0.4, -0.2) is 26.1 Å². The minimum Gasteiger partial charge on any atom is -0.325 e. The van der Waals surface area contributed by atoms with E-state index >= 15 is 0 Å². The highest BCUT2D eigenvalue weighted by Gasteiger charge is 2.41. The van der Waals surface area contributed by atoms with E-state index < -0.39 is 5.41 Å². The lowest BCUT2D eigenvalue weighted by molar-refractivity contribution is -0.122. The molecule has 0 radical (unpaired) electrons. The number of nitrogens with one attached hydrogen (secondary N) is 1. The third kappa shape index (κ3) is 2.54. The highest BCUT2D eigenvalue weighted by Crippen LogP contribution is 2.39. The summed E-state index contributed by atoms with van der Waals surface area (Å²) in [5.74, 6) is 0.553. The molecule has 2 aromatic rings. The topological polar surface area (TPSA) is 96.5 Å². The van der Waals surface area contributed by atoms with Gasteiger partial charge < -0.3 is 5.32 Å². The third-order valence-corrected chi connectivity index (χ3v) is 4.89.